The van der Waals surface area contributed by atoms with E-state index < -0.39 is 5.97 Å². The van der Waals surface area contributed by atoms with Crippen molar-refractivity contribution in [3.63, 3.8) is 0 Å². The number of carboxylic acid groups (broad SMARTS) is 1. The molecule has 3 nitrogen and oxygen atoms in total. The van der Waals surface area contributed by atoms with Gasteiger partial charge in [0.05, 0.1) is 5.56 Å². The minimum absolute atomic E-state index is 0.00375. The molecule has 0 aliphatic carbocycles. The van der Waals surface area contributed by atoms with Gasteiger partial charge in [-0.2, -0.15) is 0 Å². The number of nitrogens with one attached hydrogen (secondary N) is 1. The SMILES string of the molecule is CC(Cc1ccccc1F)Nc1cccc(C(=O)O)c1. The average Bonchev–Trinajstić information content (AvgIpc) is 2.41. The van der Waals surface area contributed by atoms with Gasteiger partial charge in [0.15, 0.2) is 0 Å². The molecule has 0 aromatic heterocycles. The lowest BCUT2D eigenvalue weighted by Crippen LogP contribution is -2.19. The molecule has 20 heavy (non-hydrogen) atoms. The summed E-state index contributed by atoms with van der Waals surface area (Å²) in [4.78, 5) is 10.9. The molecule has 0 aliphatic heterocycles. The molecule has 2 N–H and O–H groups in total. The Labute approximate surface area is 117 Å². The van der Waals surface area contributed by atoms with Gasteiger partial charge in [0, 0.05) is 11.7 Å². The van der Waals surface area contributed by atoms with Gasteiger partial charge in [-0.1, -0.05) is 24.3 Å². The molecule has 0 amide bonds. The van der Waals surface area contributed by atoms with Crippen LogP contribution in [-0.2, 0) is 6.42 Å². The summed E-state index contributed by atoms with van der Waals surface area (Å²) in [5, 5.41) is 12.1. The van der Waals surface area contributed by atoms with E-state index in [1.165, 1.54) is 12.1 Å². The Morgan fingerprint density at radius 2 is 2.00 bits per heavy atom. The third-order valence-electron chi connectivity index (χ3n) is 3.01. The lowest BCUT2D eigenvalue weighted by atomic mass is 10.1. The molecule has 4 heteroatoms. The molecule has 0 bridgehead atoms. The maximum Gasteiger partial charge on any atom is 0.335 e. The predicted molar refractivity (Wildman–Crippen MR) is 76.6 cm³/mol. The summed E-state index contributed by atoms with van der Waals surface area (Å²) in [7, 11) is 0. The van der Waals surface area contributed by atoms with Crippen LogP contribution in [0.5, 0.6) is 0 Å². The third-order valence-corrected chi connectivity index (χ3v) is 3.01. The standard InChI is InChI=1S/C16H16FNO2/c1-11(9-12-5-2-3-8-15(12)17)18-14-7-4-6-13(10-14)16(19)20/h2-8,10-11,18H,9H2,1H3,(H,19,20). The first-order valence-electron chi connectivity index (χ1n) is 6.39. The molecular weight excluding hydrogens is 257 g/mol. The fourth-order valence-corrected chi connectivity index (χ4v) is 2.07. The number of hydrogen-bond acceptors (Lipinski definition) is 2. The van der Waals surface area contributed by atoms with Gasteiger partial charge in [0.1, 0.15) is 5.82 Å². The summed E-state index contributed by atoms with van der Waals surface area (Å²) < 4.78 is 13.6. The largest absolute Gasteiger partial charge is 0.478 e. The van der Waals surface area contributed by atoms with E-state index in [0.29, 0.717) is 17.7 Å². The normalized spacial score (nSPS) is 11.9. The van der Waals surface area contributed by atoms with Crippen molar-refractivity contribution in [1.29, 1.82) is 0 Å². The summed E-state index contributed by atoms with van der Waals surface area (Å²) >= 11 is 0. The molecule has 0 fully saturated rings. The van der Waals surface area contributed by atoms with Crippen molar-refractivity contribution in [3.8, 4) is 0 Å². The monoisotopic (exact) mass is 273 g/mol. The summed E-state index contributed by atoms with van der Waals surface area (Å²) in [5.74, 6) is -1.18. The average molecular weight is 273 g/mol. The molecule has 104 valence electrons. The van der Waals surface area contributed by atoms with Crippen molar-refractivity contribution in [2.75, 3.05) is 5.32 Å². The van der Waals surface area contributed by atoms with Crippen molar-refractivity contribution in [1.82, 2.24) is 0 Å². The second-order valence-electron chi connectivity index (χ2n) is 4.73. The van der Waals surface area contributed by atoms with Crippen LogP contribution in [0.3, 0.4) is 0 Å². The topological polar surface area (TPSA) is 49.3 Å². The van der Waals surface area contributed by atoms with Crippen LogP contribution in [0.2, 0.25) is 0 Å². The van der Waals surface area contributed by atoms with E-state index in [1.807, 2.05) is 6.92 Å². The lowest BCUT2D eigenvalue weighted by Gasteiger charge is -2.16. The number of rotatable bonds is 5. The van der Waals surface area contributed by atoms with Crippen molar-refractivity contribution < 1.29 is 14.3 Å². The summed E-state index contributed by atoms with van der Waals surface area (Å²) in [5.41, 5.74) is 1.59. The van der Waals surface area contributed by atoms with E-state index >= 15 is 0 Å². The van der Waals surface area contributed by atoms with E-state index in [2.05, 4.69) is 5.32 Å². The molecule has 2 aromatic carbocycles. The third kappa shape index (κ3) is 3.57. The number of carboxylic acids is 1. The maximum atomic E-state index is 13.6. The van der Waals surface area contributed by atoms with Crippen molar-refractivity contribution in [2.24, 2.45) is 0 Å². The molecule has 0 spiro atoms. The number of anilines is 1. The van der Waals surface area contributed by atoms with Crippen LogP contribution in [0.1, 0.15) is 22.8 Å². The van der Waals surface area contributed by atoms with Crippen LogP contribution in [0.4, 0.5) is 10.1 Å². The minimum atomic E-state index is -0.963. The molecule has 1 unspecified atom stereocenters. The van der Waals surface area contributed by atoms with Crippen molar-refractivity contribution in [2.45, 2.75) is 19.4 Å². The summed E-state index contributed by atoms with van der Waals surface area (Å²) in [6, 6.07) is 13.2. The van der Waals surface area contributed by atoms with Gasteiger partial charge in [-0.25, -0.2) is 9.18 Å². The fraction of sp³-hybridized carbons (Fsp3) is 0.188. The first-order chi connectivity index (χ1) is 9.56. The van der Waals surface area contributed by atoms with Crippen LogP contribution in [0.15, 0.2) is 48.5 Å². The molecule has 1 atom stereocenters. The highest BCUT2D eigenvalue weighted by Gasteiger charge is 2.09. The smallest absolute Gasteiger partial charge is 0.335 e. The minimum Gasteiger partial charge on any atom is -0.478 e. The highest BCUT2D eigenvalue weighted by molar-refractivity contribution is 5.88. The van der Waals surface area contributed by atoms with Crippen LogP contribution in [-0.4, -0.2) is 17.1 Å². The number of aromatic carboxylic acids is 1. The van der Waals surface area contributed by atoms with E-state index in [1.54, 1.807) is 36.4 Å². The Morgan fingerprint density at radius 3 is 2.70 bits per heavy atom. The van der Waals surface area contributed by atoms with E-state index in [9.17, 15) is 9.18 Å². The second kappa shape index (κ2) is 6.19. The highest BCUT2D eigenvalue weighted by Crippen LogP contribution is 2.15. The van der Waals surface area contributed by atoms with Gasteiger partial charge in [0.25, 0.3) is 0 Å². The van der Waals surface area contributed by atoms with Gasteiger partial charge in [0.2, 0.25) is 0 Å². The zero-order chi connectivity index (χ0) is 14.5. The van der Waals surface area contributed by atoms with Gasteiger partial charge in [-0.05, 0) is 43.2 Å². The van der Waals surface area contributed by atoms with Crippen molar-refractivity contribution >= 4 is 11.7 Å². The quantitative estimate of drug-likeness (QED) is 0.875. The highest BCUT2D eigenvalue weighted by atomic mass is 19.1. The van der Waals surface area contributed by atoms with Crippen LogP contribution >= 0.6 is 0 Å². The second-order valence-corrected chi connectivity index (χ2v) is 4.73. The first-order valence-corrected chi connectivity index (χ1v) is 6.39. The van der Waals surface area contributed by atoms with Gasteiger partial charge < -0.3 is 10.4 Å². The molecule has 0 saturated heterocycles. The molecule has 0 heterocycles. The Kier molecular flexibility index (Phi) is 4.35. The van der Waals surface area contributed by atoms with Crippen LogP contribution < -0.4 is 5.32 Å². The predicted octanol–water partition coefficient (Wildman–Crippen LogP) is 3.57. The number of halogens is 1. The molecule has 0 saturated carbocycles. The van der Waals surface area contributed by atoms with Gasteiger partial charge >= 0.3 is 5.97 Å². The van der Waals surface area contributed by atoms with E-state index in [4.69, 9.17) is 5.11 Å². The van der Waals surface area contributed by atoms with E-state index in [-0.39, 0.29) is 17.4 Å². The Morgan fingerprint density at radius 1 is 1.25 bits per heavy atom. The molecule has 2 aromatic rings. The summed E-state index contributed by atoms with van der Waals surface area (Å²) in [6.45, 7) is 1.93. The number of hydrogen-bond donors (Lipinski definition) is 2. The Balaban J connectivity index is 2.05. The molecule has 2 rings (SSSR count). The van der Waals surface area contributed by atoms with E-state index in [0.717, 1.165) is 0 Å². The zero-order valence-electron chi connectivity index (χ0n) is 11.1. The zero-order valence-corrected chi connectivity index (χ0v) is 11.1. The van der Waals surface area contributed by atoms with Crippen LogP contribution in [0, 0.1) is 5.82 Å². The lowest BCUT2D eigenvalue weighted by molar-refractivity contribution is 0.0697. The first kappa shape index (κ1) is 14.1. The Bertz CT molecular complexity index is 613. The number of benzene rings is 2. The molecular formula is C16H16FNO2. The number of carbonyl (C=O) groups is 1. The fourth-order valence-electron chi connectivity index (χ4n) is 2.07. The molecule has 0 radical (unpaired) electrons. The van der Waals surface area contributed by atoms with Gasteiger partial charge in [-0.3, -0.25) is 0 Å². The molecule has 0 aliphatic rings. The Hall–Kier alpha value is -2.36. The summed E-state index contributed by atoms with van der Waals surface area (Å²) in [6.07, 6.45) is 0.532. The van der Waals surface area contributed by atoms with Crippen LogP contribution in [0.25, 0.3) is 0 Å². The van der Waals surface area contributed by atoms with Gasteiger partial charge in [-0.15, -0.1) is 0 Å². The maximum absolute atomic E-state index is 13.6. The van der Waals surface area contributed by atoms with Crippen molar-refractivity contribution in [3.05, 3.63) is 65.5 Å².